The van der Waals surface area contributed by atoms with E-state index in [0.29, 0.717) is 26.2 Å². The molecule has 1 fully saturated rings. The van der Waals surface area contributed by atoms with Gasteiger partial charge >= 0.3 is 5.97 Å². The topological polar surface area (TPSA) is 110 Å². The van der Waals surface area contributed by atoms with Crippen LogP contribution in [0.4, 0.5) is 0 Å². The molecule has 3 N–H and O–H groups in total. The molecule has 1 atom stereocenters. The summed E-state index contributed by atoms with van der Waals surface area (Å²) < 4.78 is 29.9. The molecule has 0 amide bonds. The third kappa shape index (κ3) is 3.71. The molecule has 0 radical (unpaired) electrons. The molecule has 0 aromatic heterocycles. The number of hydrogen-bond acceptors (Lipinski definition) is 5. The quantitative estimate of drug-likeness (QED) is 0.627. The Morgan fingerprint density at radius 2 is 2.12 bits per heavy atom. The van der Waals surface area contributed by atoms with Gasteiger partial charge in [0.25, 0.3) is 0 Å². The molecule has 1 rings (SSSR count). The average molecular weight is 252 g/mol. The number of aliphatic carboxylic acids is 1. The largest absolute Gasteiger partial charge is 0.480 e. The van der Waals surface area contributed by atoms with E-state index >= 15 is 0 Å². The Hall–Kier alpha value is -0.700. The van der Waals surface area contributed by atoms with Crippen LogP contribution in [0, 0.1) is 0 Å². The SMILES string of the molecule is N[C@@H](CS(=O)(=O)N1CCCOCC1)C(=O)O. The Labute approximate surface area is 94.2 Å². The van der Waals surface area contributed by atoms with Gasteiger partial charge in [0.1, 0.15) is 6.04 Å². The first-order chi connectivity index (χ1) is 7.43. The van der Waals surface area contributed by atoms with Crippen molar-refractivity contribution < 1.29 is 23.1 Å². The molecule has 0 aromatic rings. The van der Waals surface area contributed by atoms with E-state index < -0.39 is 27.8 Å². The Balaban J connectivity index is 2.64. The lowest BCUT2D eigenvalue weighted by Gasteiger charge is -2.20. The van der Waals surface area contributed by atoms with Gasteiger partial charge in [-0.15, -0.1) is 0 Å². The molecule has 7 nitrogen and oxygen atoms in total. The molecule has 1 saturated heterocycles. The number of nitrogens with zero attached hydrogens (tertiary/aromatic N) is 1. The molecule has 0 unspecified atom stereocenters. The van der Waals surface area contributed by atoms with Crippen LogP contribution in [0.2, 0.25) is 0 Å². The molecule has 0 saturated carbocycles. The van der Waals surface area contributed by atoms with Crippen LogP contribution in [0.3, 0.4) is 0 Å². The van der Waals surface area contributed by atoms with Crippen LogP contribution >= 0.6 is 0 Å². The van der Waals surface area contributed by atoms with Crippen LogP contribution in [0.5, 0.6) is 0 Å². The van der Waals surface area contributed by atoms with Gasteiger partial charge in [-0.2, -0.15) is 4.31 Å². The second-order valence-corrected chi connectivity index (χ2v) is 5.60. The van der Waals surface area contributed by atoms with Crippen molar-refractivity contribution in [3.05, 3.63) is 0 Å². The number of hydrogen-bond donors (Lipinski definition) is 2. The summed E-state index contributed by atoms with van der Waals surface area (Å²) in [5.41, 5.74) is 5.21. The second kappa shape index (κ2) is 5.58. The van der Waals surface area contributed by atoms with Gasteiger partial charge < -0.3 is 15.6 Å². The van der Waals surface area contributed by atoms with Crippen molar-refractivity contribution >= 4 is 16.0 Å². The fraction of sp³-hybridized carbons (Fsp3) is 0.875. The van der Waals surface area contributed by atoms with Crippen molar-refractivity contribution in [2.24, 2.45) is 5.73 Å². The van der Waals surface area contributed by atoms with Crippen molar-refractivity contribution in [3.8, 4) is 0 Å². The lowest BCUT2D eigenvalue weighted by atomic mass is 10.4. The van der Waals surface area contributed by atoms with Gasteiger partial charge in [0.15, 0.2) is 0 Å². The highest BCUT2D eigenvalue weighted by atomic mass is 32.2. The first-order valence-electron chi connectivity index (χ1n) is 4.97. The maximum absolute atomic E-state index is 11.8. The first kappa shape index (κ1) is 13.4. The summed E-state index contributed by atoms with van der Waals surface area (Å²) in [4.78, 5) is 10.5. The van der Waals surface area contributed by atoms with Gasteiger partial charge in [-0.25, -0.2) is 8.42 Å². The maximum atomic E-state index is 11.8. The molecule has 16 heavy (non-hydrogen) atoms. The van der Waals surface area contributed by atoms with E-state index in [-0.39, 0.29) is 6.54 Å². The summed E-state index contributed by atoms with van der Waals surface area (Å²) in [7, 11) is -3.60. The van der Waals surface area contributed by atoms with Gasteiger partial charge in [0.05, 0.1) is 12.4 Å². The first-order valence-corrected chi connectivity index (χ1v) is 6.58. The summed E-state index contributed by atoms with van der Waals surface area (Å²) in [5, 5.41) is 8.57. The number of carboxylic acid groups (broad SMARTS) is 1. The maximum Gasteiger partial charge on any atom is 0.321 e. The lowest BCUT2D eigenvalue weighted by Crippen LogP contribution is -2.44. The number of ether oxygens (including phenoxy) is 1. The van der Waals surface area contributed by atoms with Crippen LogP contribution in [0.25, 0.3) is 0 Å². The molecule has 0 aliphatic carbocycles. The van der Waals surface area contributed by atoms with Crippen LogP contribution in [0.1, 0.15) is 6.42 Å². The smallest absolute Gasteiger partial charge is 0.321 e. The van der Waals surface area contributed by atoms with Gasteiger partial charge in [0.2, 0.25) is 10.0 Å². The van der Waals surface area contributed by atoms with Crippen molar-refractivity contribution in [3.63, 3.8) is 0 Å². The van der Waals surface area contributed by atoms with E-state index in [9.17, 15) is 13.2 Å². The molecule has 0 bridgehead atoms. The standard InChI is InChI=1S/C8H16N2O5S/c9-7(8(11)12)6-16(13,14)10-2-1-4-15-5-3-10/h7H,1-6,9H2,(H,11,12)/t7-/m0/s1. The van der Waals surface area contributed by atoms with E-state index in [1.54, 1.807) is 0 Å². The predicted octanol–water partition coefficient (Wildman–Crippen LogP) is -1.55. The van der Waals surface area contributed by atoms with E-state index in [1.165, 1.54) is 4.31 Å². The lowest BCUT2D eigenvalue weighted by molar-refractivity contribution is -0.137. The summed E-state index contributed by atoms with van der Waals surface area (Å²) in [6.45, 7) is 1.47. The number of carboxylic acids is 1. The number of carbonyl (C=O) groups is 1. The monoisotopic (exact) mass is 252 g/mol. The summed E-state index contributed by atoms with van der Waals surface area (Å²) in [6.07, 6.45) is 0.613. The van der Waals surface area contributed by atoms with E-state index in [4.69, 9.17) is 15.6 Å². The van der Waals surface area contributed by atoms with E-state index in [1.807, 2.05) is 0 Å². The molecular weight excluding hydrogens is 236 g/mol. The molecule has 1 aliphatic rings. The highest BCUT2D eigenvalue weighted by Crippen LogP contribution is 2.07. The average Bonchev–Trinajstić information content (AvgIpc) is 2.45. The van der Waals surface area contributed by atoms with Crippen LogP contribution in [-0.4, -0.2) is 61.9 Å². The second-order valence-electron chi connectivity index (χ2n) is 3.59. The Morgan fingerprint density at radius 1 is 1.44 bits per heavy atom. The van der Waals surface area contributed by atoms with E-state index in [0.717, 1.165) is 0 Å². The fourth-order valence-corrected chi connectivity index (χ4v) is 2.97. The van der Waals surface area contributed by atoms with Crippen LogP contribution < -0.4 is 5.73 Å². The summed E-state index contributed by atoms with van der Waals surface area (Å²) >= 11 is 0. The number of rotatable bonds is 4. The zero-order valence-electron chi connectivity index (χ0n) is 8.83. The highest BCUT2D eigenvalue weighted by Gasteiger charge is 2.28. The highest BCUT2D eigenvalue weighted by molar-refractivity contribution is 7.89. The molecule has 1 heterocycles. The minimum Gasteiger partial charge on any atom is -0.480 e. The molecule has 0 aromatic carbocycles. The minimum absolute atomic E-state index is 0.259. The number of sulfonamides is 1. The molecule has 94 valence electrons. The third-order valence-corrected chi connectivity index (χ3v) is 4.21. The predicted molar refractivity (Wildman–Crippen MR) is 56.4 cm³/mol. The normalized spacial score (nSPS) is 21.3. The zero-order chi connectivity index (χ0) is 12.2. The van der Waals surface area contributed by atoms with Gasteiger partial charge in [-0.3, -0.25) is 4.79 Å². The Kier molecular flexibility index (Phi) is 4.66. The van der Waals surface area contributed by atoms with Crippen molar-refractivity contribution in [1.82, 2.24) is 4.31 Å². The van der Waals surface area contributed by atoms with Crippen molar-refractivity contribution in [2.45, 2.75) is 12.5 Å². The van der Waals surface area contributed by atoms with Crippen LogP contribution in [0.15, 0.2) is 0 Å². The summed E-state index contributed by atoms with van der Waals surface area (Å²) in [5.74, 6) is -1.88. The van der Waals surface area contributed by atoms with Gasteiger partial charge in [-0.1, -0.05) is 0 Å². The minimum atomic E-state index is -3.60. The summed E-state index contributed by atoms with van der Waals surface area (Å²) in [6, 6.07) is -1.38. The molecule has 1 aliphatic heterocycles. The van der Waals surface area contributed by atoms with Crippen molar-refractivity contribution in [1.29, 1.82) is 0 Å². The Morgan fingerprint density at radius 3 is 2.75 bits per heavy atom. The molecular formula is C8H16N2O5S. The molecule has 0 spiro atoms. The van der Waals surface area contributed by atoms with Gasteiger partial charge in [-0.05, 0) is 6.42 Å². The Bertz CT molecular complexity index is 334. The molecule has 8 heteroatoms. The third-order valence-electron chi connectivity index (χ3n) is 2.28. The fourth-order valence-electron chi connectivity index (χ4n) is 1.40. The van der Waals surface area contributed by atoms with E-state index in [2.05, 4.69) is 0 Å². The zero-order valence-corrected chi connectivity index (χ0v) is 9.65. The van der Waals surface area contributed by atoms with Crippen LogP contribution in [-0.2, 0) is 19.6 Å². The van der Waals surface area contributed by atoms with Crippen molar-refractivity contribution in [2.75, 3.05) is 32.1 Å². The van der Waals surface area contributed by atoms with Gasteiger partial charge in [0, 0.05) is 19.7 Å². The number of nitrogens with two attached hydrogens (primary N) is 1.